The second kappa shape index (κ2) is 3.50. The third-order valence-corrected chi connectivity index (χ3v) is 3.07. The fraction of sp³-hybridized carbons (Fsp3) is 0.700. The second-order valence-corrected chi connectivity index (χ2v) is 3.83. The molecule has 1 aromatic rings. The van der Waals surface area contributed by atoms with Crippen LogP contribution in [0, 0.1) is 6.92 Å². The van der Waals surface area contributed by atoms with Crippen LogP contribution >= 0.6 is 0 Å². The summed E-state index contributed by atoms with van der Waals surface area (Å²) < 4.78 is 2.30. The van der Waals surface area contributed by atoms with Gasteiger partial charge in [0.2, 0.25) is 0 Å². The second-order valence-electron chi connectivity index (χ2n) is 3.83. The summed E-state index contributed by atoms with van der Waals surface area (Å²) in [6.45, 7) is 2.08. The van der Waals surface area contributed by atoms with Crippen molar-refractivity contribution in [1.82, 2.24) is 14.9 Å². The summed E-state index contributed by atoms with van der Waals surface area (Å²) in [5.41, 5.74) is 0. The Morgan fingerprint density at radius 2 is 2.38 bits per heavy atom. The highest BCUT2D eigenvalue weighted by Gasteiger charge is 2.24. The number of hydrogen-bond acceptors (Lipinski definition) is 2. The fourth-order valence-corrected chi connectivity index (χ4v) is 2.25. The van der Waals surface area contributed by atoms with Gasteiger partial charge in [-0.05, 0) is 33.2 Å². The zero-order valence-corrected chi connectivity index (χ0v) is 8.33. The minimum absolute atomic E-state index is 0.667. The number of rotatable bonds is 2. The first kappa shape index (κ1) is 8.75. The van der Waals surface area contributed by atoms with E-state index in [1.807, 2.05) is 13.2 Å². The number of nitrogens with zero attached hydrogens (tertiary/aromatic N) is 2. The summed E-state index contributed by atoms with van der Waals surface area (Å²) >= 11 is 0. The molecule has 1 heterocycles. The molecular formula is C10H17N3. The number of hydrogen-bond donors (Lipinski definition) is 1. The standard InChI is InChI=1S/C10H17N3/c1-8-12-5-6-13(8)10-4-3-9(7-10)11-2/h5-6,9-11H,3-4,7H2,1-2H3. The molecule has 3 heteroatoms. The molecule has 0 aliphatic heterocycles. The Kier molecular flexibility index (Phi) is 2.36. The van der Waals surface area contributed by atoms with Gasteiger partial charge in [0.25, 0.3) is 0 Å². The molecule has 2 atom stereocenters. The summed E-state index contributed by atoms with van der Waals surface area (Å²) in [6, 6.07) is 1.37. The van der Waals surface area contributed by atoms with Crippen molar-refractivity contribution in [3.05, 3.63) is 18.2 Å². The van der Waals surface area contributed by atoms with Crippen molar-refractivity contribution >= 4 is 0 Å². The summed E-state index contributed by atoms with van der Waals surface area (Å²) in [4.78, 5) is 4.25. The van der Waals surface area contributed by atoms with E-state index >= 15 is 0 Å². The van der Waals surface area contributed by atoms with Gasteiger partial charge in [-0.1, -0.05) is 0 Å². The van der Waals surface area contributed by atoms with Crippen molar-refractivity contribution in [3.8, 4) is 0 Å². The molecule has 1 aliphatic carbocycles. The highest BCUT2D eigenvalue weighted by Crippen LogP contribution is 2.30. The molecule has 1 fully saturated rings. The van der Waals surface area contributed by atoms with Crippen LogP contribution in [0.4, 0.5) is 0 Å². The van der Waals surface area contributed by atoms with Gasteiger partial charge in [-0.3, -0.25) is 0 Å². The van der Waals surface area contributed by atoms with Crippen molar-refractivity contribution in [2.75, 3.05) is 7.05 Å². The molecule has 13 heavy (non-hydrogen) atoms. The lowest BCUT2D eigenvalue weighted by atomic mass is 10.2. The van der Waals surface area contributed by atoms with Gasteiger partial charge in [0.1, 0.15) is 5.82 Å². The number of imidazole rings is 1. The molecule has 2 unspecified atom stereocenters. The van der Waals surface area contributed by atoms with E-state index in [4.69, 9.17) is 0 Å². The molecule has 72 valence electrons. The quantitative estimate of drug-likeness (QED) is 0.745. The molecule has 0 saturated heterocycles. The Balaban J connectivity index is 2.08. The fourth-order valence-electron chi connectivity index (χ4n) is 2.25. The van der Waals surface area contributed by atoms with Gasteiger partial charge in [0, 0.05) is 24.5 Å². The van der Waals surface area contributed by atoms with E-state index in [1.54, 1.807) is 0 Å². The smallest absolute Gasteiger partial charge is 0.105 e. The number of aryl methyl sites for hydroxylation is 1. The maximum Gasteiger partial charge on any atom is 0.105 e. The van der Waals surface area contributed by atoms with Crippen LogP contribution in [0.3, 0.4) is 0 Å². The maximum atomic E-state index is 4.25. The predicted molar refractivity (Wildman–Crippen MR) is 52.7 cm³/mol. The Morgan fingerprint density at radius 1 is 1.54 bits per heavy atom. The number of nitrogens with one attached hydrogen (secondary N) is 1. The average molecular weight is 179 g/mol. The molecule has 0 radical (unpaired) electrons. The Morgan fingerprint density at radius 3 is 2.92 bits per heavy atom. The Hall–Kier alpha value is -0.830. The van der Waals surface area contributed by atoms with Gasteiger partial charge in [-0.2, -0.15) is 0 Å². The molecule has 1 aromatic heterocycles. The molecule has 2 rings (SSSR count). The molecule has 1 saturated carbocycles. The van der Waals surface area contributed by atoms with Crippen LogP contribution in [0.25, 0.3) is 0 Å². The molecule has 3 nitrogen and oxygen atoms in total. The van der Waals surface area contributed by atoms with Crippen LogP contribution < -0.4 is 5.32 Å². The summed E-state index contributed by atoms with van der Waals surface area (Å²) in [6.07, 6.45) is 7.80. The summed E-state index contributed by atoms with van der Waals surface area (Å²) in [5.74, 6) is 1.14. The first-order chi connectivity index (χ1) is 6.31. The van der Waals surface area contributed by atoms with Crippen molar-refractivity contribution in [2.45, 2.75) is 38.3 Å². The monoisotopic (exact) mass is 179 g/mol. The van der Waals surface area contributed by atoms with Gasteiger partial charge < -0.3 is 9.88 Å². The molecule has 0 aromatic carbocycles. The SMILES string of the molecule is CNC1CCC(n2ccnc2C)C1. The predicted octanol–water partition coefficient (Wildman–Crippen LogP) is 1.50. The van der Waals surface area contributed by atoms with Crippen LogP contribution in [0.5, 0.6) is 0 Å². The minimum Gasteiger partial charge on any atom is -0.332 e. The molecule has 1 N–H and O–H groups in total. The first-order valence-corrected chi connectivity index (χ1v) is 4.98. The lowest BCUT2D eigenvalue weighted by Gasteiger charge is -2.13. The van der Waals surface area contributed by atoms with Gasteiger partial charge >= 0.3 is 0 Å². The van der Waals surface area contributed by atoms with E-state index in [2.05, 4.69) is 28.0 Å². The van der Waals surface area contributed by atoms with Crippen LogP contribution in [0.15, 0.2) is 12.4 Å². The van der Waals surface area contributed by atoms with E-state index < -0.39 is 0 Å². The zero-order valence-electron chi connectivity index (χ0n) is 8.33. The maximum absolute atomic E-state index is 4.25. The van der Waals surface area contributed by atoms with Crippen molar-refractivity contribution < 1.29 is 0 Å². The molecule has 0 bridgehead atoms. The summed E-state index contributed by atoms with van der Waals surface area (Å²) in [7, 11) is 2.05. The van der Waals surface area contributed by atoms with Crippen LogP contribution in [-0.2, 0) is 0 Å². The van der Waals surface area contributed by atoms with Gasteiger partial charge in [0.15, 0.2) is 0 Å². The highest BCUT2D eigenvalue weighted by molar-refractivity contribution is 4.95. The van der Waals surface area contributed by atoms with Crippen LogP contribution in [0.2, 0.25) is 0 Å². The van der Waals surface area contributed by atoms with E-state index in [-0.39, 0.29) is 0 Å². The van der Waals surface area contributed by atoms with E-state index in [0.29, 0.717) is 12.1 Å². The average Bonchev–Trinajstić information content (AvgIpc) is 2.71. The largest absolute Gasteiger partial charge is 0.332 e. The van der Waals surface area contributed by atoms with Crippen LogP contribution in [-0.4, -0.2) is 22.6 Å². The first-order valence-electron chi connectivity index (χ1n) is 4.98. The highest BCUT2D eigenvalue weighted by atomic mass is 15.1. The normalized spacial score (nSPS) is 28.2. The molecular weight excluding hydrogens is 162 g/mol. The zero-order chi connectivity index (χ0) is 9.26. The third-order valence-electron chi connectivity index (χ3n) is 3.07. The lowest BCUT2D eigenvalue weighted by Crippen LogP contribution is -2.21. The molecule has 1 aliphatic rings. The van der Waals surface area contributed by atoms with Gasteiger partial charge in [0.05, 0.1) is 0 Å². The number of aromatic nitrogens is 2. The summed E-state index contributed by atoms with van der Waals surface area (Å²) in [5, 5.41) is 3.34. The lowest BCUT2D eigenvalue weighted by molar-refractivity contribution is 0.483. The van der Waals surface area contributed by atoms with Crippen molar-refractivity contribution in [3.63, 3.8) is 0 Å². The Labute approximate surface area is 79.2 Å². The molecule has 0 amide bonds. The Bertz CT molecular complexity index is 279. The van der Waals surface area contributed by atoms with E-state index in [9.17, 15) is 0 Å². The van der Waals surface area contributed by atoms with Gasteiger partial charge in [-0.25, -0.2) is 4.98 Å². The van der Waals surface area contributed by atoms with Crippen molar-refractivity contribution in [2.24, 2.45) is 0 Å². The van der Waals surface area contributed by atoms with Crippen molar-refractivity contribution in [1.29, 1.82) is 0 Å². The topological polar surface area (TPSA) is 29.9 Å². The van der Waals surface area contributed by atoms with Crippen LogP contribution in [0.1, 0.15) is 31.1 Å². The third kappa shape index (κ3) is 1.61. The van der Waals surface area contributed by atoms with E-state index in [1.165, 1.54) is 19.3 Å². The van der Waals surface area contributed by atoms with Gasteiger partial charge in [-0.15, -0.1) is 0 Å². The molecule has 0 spiro atoms. The van der Waals surface area contributed by atoms with E-state index in [0.717, 1.165) is 5.82 Å². The minimum atomic E-state index is 0.667.